The lowest BCUT2D eigenvalue weighted by Gasteiger charge is -2.37. The zero-order chi connectivity index (χ0) is 20.4. The van der Waals surface area contributed by atoms with Gasteiger partial charge in [0.1, 0.15) is 17.2 Å². The highest BCUT2D eigenvalue weighted by molar-refractivity contribution is 5.95. The van der Waals surface area contributed by atoms with E-state index in [1.165, 1.54) is 0 Å². The van der Waals surface area contributed by atoms with Crippen LogP contribution >= 0.6 is 0 Å². The van der Waals surface area contributed by atoms with Gasteiger partial charge in [-0.15, -0.1) is 0 Å². The molecule has 1 aliphatic rings. The van der Waals surface area contributed by atoms with Gasteiger partial charge in [0, 0.05) is 24.7 Å². The summed E-state index contributed by atoms with van der Waals surface area (Å²) in [7, 11) is 4.71. The van der Waals surface area contributed by atoms with E-state index in [1.54, 1.807) is 44.4 Å². The average molecular weight is 395 g/mol. The van der Waals surface area contributed by atoms with Crippen molar-refractivity contribution in [2.75, 3.05) is 34.4 Å². The highest BCUT2D eigenvalue weighted by atomic mass is 16.5. The van der Waals surface area contributed by atoms with E-state index in [0.29, 0.717) is 47.6 Å². The van der Waals surface area contributed by atoms with Crippen molar-refractivity contribution in [2.24, 2.45) is 0 Å². The van der Waals surface area contributed by atoms with Crippen molar-refractivity contribution in [3.05, 3.63) is 53.9 Å². The molecule has 0 bridgehead atoms. The van der Waals surface area contributed by atoms with Crippen LogP contribution in [0.1, 0.15) is 22.2 Å². The van der Waals surface area contributed by atoms with E-state index in [1.807, 2.05) is 24.3 Å². The molecule has 8 heteroatoms. The first-order valence-corrected chi connectivity index (χ1v) is 9.12. The number of amides is 1. The Balaban J connectivity index is 1.45. The molecule has 3 aromatic rings. The molecule has 1 aliphatic heterocycles. The predicted molar refractivity (Wildman–Crippen MR) is 104 cm³/mol. The van der Waals surface area contributed by atoms with E-state index in [9.17, 15) is 4.79 Å². The molecule has 1 fully saturated rings. The number of carbonyl (C=O) groups excluding carboxylic acids is 1. The number of likely N-dealkylation sites (tertiary alicyclic amines) is 1. The number of rotatable bonds is 6. The van der Waals surface area contributed by atoms with Gasteiger partial charge in [-0.2, -0.15) is 4.98 Å². The molecular formula is C21H21N3O5. The van der Waals surface area contributed by atoms with Crippen molar-refractivity contribution in [1.29, 1.82) is 0 Å². The number of benzene rings is 2. The van der Waals surface area contributed by atoms with Crippen molar-refractivity contribution < 1.29 is 23.5 Å². The van der Waals surface area contributed by atoms with Crippen molar-refractivity contribution in [3.63, 3.8) is 0 Å². The molecule has 0 saturated carbocycles. The molecule has 0 N–H and O–H groups in total. The zero-order valence-electron chi connectivity index (χ0n) is 16.4. The van der Waals surface area contributed by atoms with Crippen LogP contribution in [0, 0.1) is 0 Å². The van der Waals surface area contributed by atoms with Crippen molar-refractivity contribution in [1.82, 2.24) is 15.0 Å². The smallest absolute Gasteiger partial charge is 0.254 e. The normalized spacial score (nSPS) is 13.7. The Morgan fingerprint density at radius 1 is 1.03 bits per heavy atom. The minimum absolute atomic E-state index is 0.00223. The summed E-state index contributed by atoms with van der Waals surface area (Å²) >= 11 is 0. The molecule has 0 radical (unpaired) electrons. The molecule has 0 aliphatic carbocycles. The van der Waals surface area contributed by atoms with Crippen molar-refractivity contribution in [2.45, 2.75) is 5.92 Å². The lowest BCUT2D eigenvalue weighted by molar-refractivity contribution is 0.0568. The molecule has 1 saturated heterocycles. The second-order valence-corrected chi connectivity index (χ2v) is 6.66. The fraction of sp³-hybridized carbons (Fsp3) is 0.286. The first-order valence-electron chi connectivity index (χ1n) is 9.12. The van der Waals surface area contributed by atoms with Crippen molar-refractivity contribution >= 4 is 5.91 Å². The molecule has 4 rings (SSSR count). The topological polar surface area (TPSA) is 86.9 Å². The van der Waals surface area contributed by atoms with Gasteiger partial charge in [-0.05, 0) is 24.3 Å². The summed E-state index contributed by atoms with van der Waals surface area (Å²) in [5.74, 6) is 2.71. The zero-order valence-corrected chi connectivity index (χ0v) is 16.4. The van der Waals surface area contributed by atoms with Crippen molar-refractivity contribution in [3.8, 4) is 28.6 Å². The first-order chi connectivity index (χ1) is 14.1. The molecule has 2 aromatic carbocycles. The van der Waals surface area contributed by atoms with E-state index >= 15 is 0 Å². The van der Waals surface area contributed by atoms with Crippen LogP contribution in [0.15, 0.2) is 47.0 Å². The predicted octanol–water partition coefficient (Wildman–Crippen LogP) is 3.00. The number of ether oxygens (including phenoxy) is 3. The summed E-state index contributed by atoms with van der Waals surface area (Å²) in [6, 6.07) is 12.6. The summed E-state index contributed by atoms with van der Waals surface area (Å²) in [6.07, 6.45) is 0. The largest absolute Gasteiger partial charge is 0.497 e. The minimum Gasteiger partial charge on any atom is -0.497 e. The van der Waals surface area contributed by atoms with E-state index in [-0.39, 0.29) is 11.8 Å². The number of methoxy groups -OCH3 is 3. The Hall–Kier alpha value is -3.55. The van der Waals surface area contributed by atoms with E-state index < -0.39 is 0 Å². The van der Waals surface area contributed by atoms with Crippen LogP contribution in [0.25, 0.3) is 11.4 Å². The van der Waals surface area contributed by atoms with Gasteiger partial charge in [-0.3, -0.25) is 4.79 Å². The molecule has 0 unspecified atom stereocenters. The quantitative estimate of drug-likeness (QED) is 0.634. The number of hydrogen-bond donors (Lipinski definition) is 0. The number of nitrogens with zero attached hydrogens (tertiary/aromatic N) is 3. The van der Waals surface area contributed by atoms with Gasteiger partial charge < -0.3 is 23.6 Å². The fourth-order valence-corrected chi connectivity index (χ4v) is 3.25. The van der Waals surface area contributed by atoms with Crippen LogP contribution < -0.4 is 14.2 Å². The Labute approximate surface area is 168 Å². The number of aromatic nitrogens is 2. The van der Waals surface area contributed by atoms with E-state index in [4.69, 9.17) is 18.7 Å². The van der Waals surface area contributed by atoms with Gasteiger partial charge in [-0.1, -0.05) is 17.3 Å². The monoisotopic (exact) mass is 395 g/mol. The lowest BCUT2D eigenvalue weighted by Crippen LogP contribution is -2.48. The number of carbonyl (C=O) groups is 1. The van der Waals surface area contributed by atoms with Crippen LogP contribution in [0.3, 0.4) is 0 Å². The molecule has 29 heavy (non-hydrogen) atoms. The van der Waals surface area contributed by atoms with Crippen LogP contribution in [-0.2, 0) is 0 Å². The third-order valence-electron chi connectivity index (χ3n) is 4.91. The third kappa shape index (κ3) is 3.61. The summed E-state index contributed by atoms with van der Waals surface area (Å²) in [4.78, 5) is 19.0. The van der Waals surface area contributed by atoms with Gasteiger partial charge in [0.2, 0.25) is 11.7 Å². The molecule has 0 spiro atoms. The Kier molecular flexibility index (Phi) is 5.07. The highest BCUT2D eigenvalue weighted by Gasteiger charge is 2.36. The lowest BCUT2D eigenvalue weighted by atomic mass is 9.98. The van der Waals surface area contributed by atoms with Crippen LogP contribution in [0.2, 0.25) is 0 Å². The second-order valence-electron chi connectivity index (χ2n) is 6.66. The van der Waals surface area contributed by atoms with E-state index in [2.05, 4.69) is 10.1 Å². The average Bonchev–Trinajstić information content (AvgIpc) is 3.21. The Morgan fingerprint density at radius 2 is 1.72 bits per heavy atom. The molecule has 8 nitrogen and oxygen atoms in total. The van der Waals surface area contributed by atoms with Gasteiger partial charge in [0.15, 0.2) is 0 Å². The maximum atomic E-state index is 12.8. The number of para-hydroxylation sites is 1. The third-order valence-corrected chi connectivity index (χ3v) is 4.91. The SMILES string of the molecule is COc1cc(OC)cc(C(=O)N2CC(c3nc(-c4ccccc4OC)no3)C2)c1. The molecule has 1 amide bonds. The summed E-state index contributed by atoms with van der Waals surface area (Å²) in [5.41, 5.74) is 1.28. The first kappa shape index (κ1) is 18.8. The maximum Gasteiger partial charge on any atom is 0.254 e. The second kappa shape index (κ2) is 7.83. The van der Waals surface area contributed by atoms with Crippen LogP contribution in [-0.4, -0.2) is 55.4 Å². The van der Waals surface area contributed by atoms with Gasteiger partial charge in [0.25, 0.3) is 5.91 Å². The van der Waals surface area contributed by atoms with Gasteiger partial charge >= 0.3 is 0 Å². The van der Waals surface area contributed by atoms with Crippen LogP contribution in [0.4, 0.5) is 0 Å². The molecule has 150 valence electrons. The summed E-state index contributed by atoms with van der Waals surface area (Å²) in [5, 5.41) is 4.07. The molecule has 1 aromatic heterocycles. The maximum absolute atomic E-state index is 12.8. The van der Waals surface area contributed by atoms with E-state index in [0.717, 1.165) is 5.56 Å². The molecule has 2 heterocycles. The number of hydrogen-bond acceptors (Lipinski definition) is 7. The Morgan fingerprint density at radius 3 is 2.38 bits per heavy atom. The summed E-state index contributed by atoms with van der Waals surface area (Å²) in [6.45, 7) is 1.01. The molecule has 0 atom stereocenters. The standard InChI is InChI=1S/C21H21N3O5/c1-26-15-8-13(9-16(10-15)27-2)21(25)24-11-14(12-24)20-22-19(23-29-20)17-6-4-5-7-18(17)28-3/h4-10,14H,11-12H2,1-3H3. The molecular weight excluding hydrogens is 374 g/mol. The highest BCUT2D eigenvalue weighted by Crippen LogP contribution is 2.32. The minimum atomic E-state index is -0.0945. The van der Waals surface area contributed by atoms with Gasteiger partial charge in [-0.25, -0.2) is 0 Å². The van der Waals surface area contributed by atoms with Crippen LogP contribution in [0.5, 0.6) is 17.2 Å². The summed E-state index contributed by atoms with van der Waals surface area (Å²) < 4.78 is 21.3. The van der Waals surface area contributed by atoms with Gasteiger partial charge in [0.05, 0.1) is 32.8 Å². The fourth-order valence-electron chi connectivity index (χ4n) is 3.25. The Bertz CT molecular complexity index is 1000.